The summed E-state index contributed by atoms with van der Waals surface area (Å²) in [6.07, 6.45) is 1.08. The fourth-order valence-corrected chi connectivity index (χ4v) is 2.13. The lowest BCUT2D eigenvalue weighted by molar-refractivity contribution is -0.384. The molecule has 0 spiro atoms. The summed E-state index contributed by atoms with van der Waals surface area (Å²) >= 11 is 7.09. The molecule has 0 amide bonds. The number of nitro groups is 1. The number of rotatable bonds is 4. The second-order valence-corrected chi connectivity index (χ2v) is 4.62. The molecule has 0 saturated carbocycles. The van der Waals surface area contributed by atoms with Crippen LogP contribution in [0.3, 0.4) is 0 Å². The molecule has 1 N–H and O–H groups in total. The average Bonchev–Trinajstić information content (AvgIpc) is 2.72. The molecule has 0 radical (unpaired) electrons. The Morgan fingerprint density at radius 3 is 2.94 bits per heavy atom. The maximum absolute atomic E-state index is 10.8. The van der Waals surface area contributed by atoms with Gasteiger partial charge in [0.25, 0.3) is 0 Å². The molecule has 2 heterocycles. The molecule has 0 saturated heterocycles. The fraction of sp³-hybridized carbons (Fsp3) is 0.222. The van der Waals surface area contributed by atoms with Gasteiger partial charge in [-0.3, -0.25) is 10.1 Å². The standard InChI is InChI=1S/C9H8ClN5O2S/c1-5-7(18-4-13-5)3-11-8-6(15(16)17)2-12-9(10)14-8/h2,4H,3H2,1H3,(H,11,12,14). The lowest BCUT2D eigenvalue weighted by atomic mass is 10.4. The SMILES string of the molecule is Cc1ncsc1CNc1nc(Cl)ncc1[N+](=O)[O-]. The molecule has 9 heteroatoms. The summed E-state index contributed by atoms with van der Waals surface area (Å²) in [4.78, 5) is 22.7. The number of nitrogens with one attached hydrogen (secondary N) is 1. The fourth-order valence-electron chi connectivity index (χ4n) is 1.28. The van der Waals surface area contributed by atoms with Crippen molar-refractivity contribution in [2.24, 2.45) is 0 Å². The second-order valence-electron chi connectivity index (χ2n) is 3.34. The quantitative estimate of drug-likeness (QED) is 0.527. The van der Waals surface area contributed by atoms with Crippen molar-refractivity contribution in [3.8, 4) is 0 Å². The number of hydrogen-bond acceptors (Lipinski definition) is 7. The minimum absolute atomic E-state index is 0.0378. The minimum atomic E-state index is -0.557. The highest BCUT2D eigenvalue weighted by Crippen LogP contribution is 2.23. The normalized spacial score (nSPS) is 10.3. The van der Waals surface area contributed by atoms with E-state index in [4.69, 9.17) is 11.6 Å². The van der Waals surface area contributed by atoms with E-state index >= 15 is 0 Å². The van der Waals surface area contributed by atoms with Gasteiger partial charge < -0.3 is 5.32 Å². The zero-order valence-electron chi connectivity index (χ0n) is 9.25. The molecule has 2 aromatic heterocycles. The number of aromatic nitrogens is 3. The van der Waals surface area contributed by atoms with E-state index in [1.807, 2.05) is 6.92 Å². The Labute approximate surface area is 111 Å². The summed E-state index contributed by atoms with van der Waals surface area (Å²) in [6.45, 7) is 2.28. The van der Waals surface area contributed by atoms with E-state index in [2.05, 4.69) is 20.3 Å². The van der Waals surface area contributed by atoms with Crippen molar-refractivity contribution in [3.63, 3.8) is 0 Å². The molecule has 0 atom stereocenters. The molecule has 0 aliphatic carbocycles. The summed E-state index contributed by atoms with van der Waals surface area (Å²) in [7, 11) is 0. The van der Waals surface area contributed by atoms with Crippen molar-refractivity contribution in [3.05, 3.63) is 37.7 Å². The predicted octanol–water partition coefficient (Wildman–Crippen LogP) is 2.42. The number of thiazole rings is 1. The van der Waals surface area contributed by atoms with Crippen LogP contribution in [0.5, 0.6) is 0 Å². The zero-order valence-corrected chi connectivity index (χ0v) is 10.8. The van der Waals surface area contributed by atoms with Crippen LogP contribution in [0, 0.1) is 17.0 Å². The van der Waals surface area contributed by atoms with Crippen LogP contribution >= 0.6 is 22.9 Å². The monoisotopic (exact) mass is 285 g/mol. The van der Waals surface area contributed by atoms with Gasteiger partial charge in [0.2, 0.25) is 11.1 Å². The summed E-state index contributed by atoms with van der Waals surface area (Å²) in [5.74, 6) is 0.104. The summed E-state index contributed by atoms with van der Waals surface area (Å²) in [6, 6.07) is 0. The van der Waals surface area contributed by atoms with Crippen molar-refractivity contribution in [1.82, 2.24) is 15.0 Å². The van der Waals surface area contributed by atoms with Gasteiger partial charge in [0, 0.05) is 4.88 Å². The Hall–Kier alpha value is -1.80. The molecule has 0 aromatic carbocycles. The molecule has 94 valence electrons. The number of halogens is 1. The van der Waals surface area contributed by atoms with Crippen molar-refractivity contribution in [1.29, 1.82) is 0 Å². The third kappa shape index (κ3) is 2.71. The van der Waals surface area contributed by atoms with Gasteiger partial charge >= 0.3 is 5.69 Å². The Kier molecular flexibility index (Phi) is 3.68. The summed E-state index contributed by atoms with van der Waals surface area (Å²) in [5.41, 5.74) is 2.39. The predicted molar refractivity (Wildman–Crippen MR) is 67.9 cm³/mol. The van der Waals surface area contributed by atoms with Gasteiger partial charge in [-0.2, -0.15) is 4.98 Å². The first kappa shape index (κ1) is 12.7. The Morgan fingerprint density at radius 1 is 1.56 bits per heavy atom. The molecule has 0 unspecified atom stereocenters. The van der Waals surface area contributed by atoms with Crippen LogP contribution in [0.15, 0.2) is 11.7 Å². The highest BCUT2D eigenvalue weighted by atomic mass is 35.5. The first-order chi connectivity index (χ1) is 8.58. The maximum Gasteiger partial charge on any atom is 0.329 e. The van der Waals surface area contributed by atoms with Gasteiger partial charge in [-0.05, 0) is 18.5 Å². The van der Waals surface area contributed by atoms with Gasteiger partial charge in [0.15, 0.2) is 0 Å². The number of anilines is 1. The van der Waals surface area contributed by atoms with Crippen LogP contribution in [0.4, 0.5) is 11.5 Å². The van der Waals surface area contributed by atoms with Crippen LogP contribution in [-0.2, 0) is 6.54 Å². The van der Waals surface area contributed by atoms with Crippen LogP contribution in [-0.4, -0.2) is 19.9 Å². The molecule has 18 heavy (non-hydrogen) atoms. The Morgan fingerprint density at radius 2 is 2.33 bits per heavy atom. The van der Waals surface area contributed by atoms with Crippen molar-refractivity contribution >= 4 is 34.4 Å². The van der Waals surface area contributed by atoms with E-state index in [0.29, 0.717) is 6.54 Å². The van der Waals surface area contributed by atoms with Crippen LogP contribution in [0.2, 0.25) is 5.28 Å². The van der Waals surface area contributed by atoms with Crippen molar-refractivity contribution in [2.45, 2.75) is 13.5 Å². The molecule has 0 aliphatic rings. The van der Waals surface area contributed by atoms with Crippen molar-refractivity contribution < 1.29 is 4.92 Å². The molecular formula is C9H8ClN5O2S. The zero-order chi connectivity index (χ0) is 13.1. The van der Waals surface area contributed by atoms with Gasteiger partial charge in [-0.15, -0.1) is 11.3 Å². The lowest BCUT2D eigenvalue weighted by Crippen LogP contribution is -2.05. The largest absolute Gasteiger partial charge is 0.359 e. The molecule has 7 nitrogen and oxygen atoms in total. The molecule has 0 fully saturated rings. The third-order valence-corrected chi connectivity index (χ3v) is 3.32. The molecule has 2 aromatic rings. The molecular weight excluding hydrogens is 278 g/mol. The first-order valence-corrected chi connectivity index (χ1v) is 6.13. The Balaban J connectivity index is 2.20. The van der Waals surface area contributed by atoms with E-state index in [1.165, 1.54) is 11.3 Å². The van der Waals surface area contributed by atoms with Gasteiger partial charge in [0.05, 0.1) is 22.7 Å². The van der Waals surface area contributed by atoms with Crippen LogP contribution < -0.4 is 5.32 Å². The highest BCUT2D eigenvalue weighted by molar-refractivity contribution is 7.09. The van der Waals surface area contributed by atoms with E-state index in [-0.39, 0.29) is 16.8 Å². The van der Waals surface area contributed by atoms with Gasteiger partial charge in [-0.1, -0.05) is 0 Å². The third-order valence-electron chi connectivity index (χ3n) is 2.20. The molecule has 0 bridgehead atoms. The highest BCUT2D eigenvalue weighted by Gasteiger charge is 2.17. The Bertz CT molecular complexity index is 588. The minimum Gasteiger partial charge on any atom is -0.359 e. The number of hydrogen-bond donors (Lipinski definition) is 1. The van der Waals surface area contributed by atoms with Crippen LogP contribution in [0.25, 0.3) is 0 Å². The molecule has 2 rings (SSSR count). The van der Waals surface area contributed by atoms with E-state index in [0.717, 1.165) is 16.8 Å². The molecule has 0 aliphatic heterocycles. The number of aryl methyl sites for hydroxylation is 1. The van der Waals surface area contributed by atoms with E-state index < -0.39 is 4.92 Å². The van der Waals surface area contributed by atoms with Gasteiger partial charge in [-0.25, -0.2) is 9.97 Å². The van der Waals surface area contributed by atoms with Crippen LogP contribution in [0.1, 0.15) is 10.6 Å². The van der Waals surface area contributed by atoms with Crippen molar-refractivity contribution in [2.75, 3.05) is 5.32 Å². The maximum atomic E-state index is 10.8. The summed E-state index contributed by atoms with van der Waals surface area (Å²) in [5, 5.41) is 13.6. The van der Waals surface area contributed by atoms with E-state index in [9.17, 15) is 10.1 Å². The smallest absolute Gasteiger partial charge is 0.329 e. The summed E-state index contributed by atoms with van der Waals surface area (Å²) < 4.78 is 0. The lowest BCUT2D eigenvalue weighted by Gasteiger charge is -2.04. The second kappa shape index (κ2) is 5.23. The van der Waals surface area contributed by atoms with Gasteiger partial charge in [0.1, 0.15) is 6.20 Å². The topological polar surface area (TPSA) is 93.8 Å². The first-order valence-electron chi connectivity index (χ1n) is 4.87. The van der Waals surface area contributed by atoms with E-state index in [1.54, 1.807) is 5.51 Å². The average molecular weight is 286 g/mol. The number of nitrogens with zero attached hydrogens (tertiary/aromatic N) is 4.